The first-order valence-electron chi connectivity index (χ1n) is 5.52. The average molecular weight is 213 g/mol. The van der Waals surface area contributed by atoms with Crippen LogP contribution in [0.3, 0.4) is 0 Å². The van der Waals surface area contributed by atoms with Gasteiger partial charge in [-0.3, -0.25) is 4.79 Å². The molecule has 86 valence electrons. The Kier molecular flexibility index (Phi) is 4.39. The quantitative estimate of drug-likeness (QED) is 0.709. The molecule has 2 N–H and O–H groups in total. The predicted octanol–water partition coefficient (Wildman–Crippen LogP) is 0.316. The number of carbonyl (C=O) groups is 2. The van der Waals surface area contributed by atoms with Crippen molar-refractivity contribution in [3.63, 3.8) is 0 Å². The number of nitrogens with one attached hydrogen (secondary N) is 2. The fourth-order valence-electron chi connectivity index (χ4n) is 1.66. The van der Waals surface area contributed by atoms with Crippen LogP contribution in [0.25, 0.3) is 0 Å². The van der Waals surface area contributed by atoms with E-state index in [4.69, 9.17) is 0 Å². The number of nitrogens with zero attached hydrogens (tertiary/aromatic N) is 1. The standard InChI is InChI=1S/C10H19N3O2/c1-3-13(4-2)10(15)12-8-6-5-7-11-9(8)14/h8H,3-7H2,1-2H3,(H,11,14)(H,12,15). The Hall–Kier alpha value is -1.26. The average Bonchev–Trinajstić information content (AvgIpc) is 2.23. The Labute approximate surface area is 90.2 Å². The van der Waals surface area contributed by atoms with Gasteiger partial charge in [0.05, 0.1) is 0 Å². The summed E-state index contributed by atoms with van der Waals surface area (Å²) in [4.78, 5) is 24.7. The molecule has 3 amide bonds. The van der Waals surface area contributed by atoms with Crippen molar-refractivity contribution in [2.24, 2.45) is 0 Å². The van der Waals surface area contributed by atoms with E-state index in [1.165, 1.54) is 0 Å². The fraction of sp³-hybridized carbons (Fsp3) is 0.800. The second-order valence-corrected chi connectivity index (χ2v) is 3.61. The van der Waals surface area contributed by atoms with E-state index in [9.17, 15) is 9.59 Å². The van der Waals surface area contributed by atoms with Crippen molar-refractivity contribution < 1.29 is 9.59 Å². The van der Waals surface area contributed by atoms with Gasteiger partial charge in [-0.2, -0.15) is 0 Å². The van der Waals surface area contributed by atoms with Gasteiger partial charge in [-0.25, -0.2) is 4.79 Å². The Morgan fingerprint density at radius 1 is 1.53 bits per heavy atom. The van der Waals surface area contributed by atoms with Crippen LogP contribution in [0.2, 0.25) is 0 Å². The summed E-state index contributed by atoms with van der Waals surface area (Å²) in [6, 6.07) is -0.506. The summed E-state index contributed by atoms with van der Waals surface area (Å²) in [5.41, 5.74) is 0. The number of piperidine rings is 1. The van der Waals surface area contributed by atoms with Crippen molar-refractivity contribution in [3.05, 3.63) is 0 Å². The van der Waals surface area contributed by atoms with Gasteiger partial charge in [-0.15, -0.1) is 0 Å². The molecule has 1 heterocycles. The van der Waals surface area contributed by atoms with Crippen LogP contribution >= 0.6 is 0 Å². The van der Waals surface area contributed by atoms with E-state index < -0.39 is 0 Å². The minimum atomic E-state index is -0.355. The predicted molar refractivity (Wildman–Crippen MR) is 57.5 cm³/mol. The maximum absolute atomic E-state index is 11.7. The highest BCUT2D eigenvalue weighted by Crippen LogP contribution is 2.03. The summed E-state index contributed by atoms with van der Waals surface area (Å²) < 4.78 is 0. The summed E-state index contributed by atoms with van der Waals surface area (Å²) in [5, 5.41) is 5.49. The van der Waals surface area contributed by atoms with Crippen LogP contribution in [0.15, 0.2) is 0 Å². The van der Waals surface area contributed by atoms with Crippen molar-refractivity contribution in [3.8, 4) is 0 Å². The maximum Gasteiger partial charge on any atom is 0.318 e. The third-order valence-corrected chi connectivity index (χ3v) is 2.63. The van der Waals surface area contributed by atoms with E-state index in [0.717, 1.165) is 19.4 Å². The van der Waals surface area contributed by atoms with Crippen LogP contribution in [-0.4, -0.2) is 42.5 Å². The molecule has 1 aliphatic heterocycles. The summed E-state index contributed by atoms with van der Waals surface area (Å²) in [6.07, 6.45) is 1.66. The normalized spacial score (nSPS) is 20.7. The van der Waals surface area contributed by atoms with E-state index in [1.807, 2.05) is 13.8 Å². The van der Waals surface area contributed by atoms with Gasteiger partial charge in [0.25, 0.3) is 0 Å². The molecule has 1 rings (SSSR count). The van der Waals surface area contributed by atoms with Crippen LogP contribution in [0.4, 0.5) is 4.79 Å². The first-order chi connectivity index (χ1) is 7.19. The van der Waals surface area contributed by atoms with Crippen LogP contribution in [0.1, 0.15) is 26.7 Å². The van der Waals surface area contributed by atoms with Gasteiger partial charge in [0.2, 0.25) is 5.91 Å². The monoisotopic (exact) mass is 213 g/mol. The van der Waals surface area contributed by atoms with Crippen molar-refractivity contribution in [2.45, 2.75) is 32.7 Å². The summed E-state index contributed by atoms with van der Waals surface area (Å²) >= 11 is 0. The minimum absolute atomic E-state index is 0.0678. The summed E-state index contributed by atoms with van der Waals surface area (Å²) in [5.74, 6) is -0.0678. The van der Waals surface area contributed by atoms with Crippen LogP contribution in [-0.2, 0) is 4.79 Å². The van der Waals surface area contributed by atoms with Crippen molar-refractivity contribution in [1.82, 2.24) is 15.5 Å². The smallest absolute Gasteiger partial charge is 0.318 e. The molecule has 0 radical (unpaired) electrons. The number of rotatable bonds is 3. The van der Waals surface area contributed by atoms with Gasteiger partial charge in [0, 0.05) is 19.6 Å². The summed E-state index contributed by atoms with van der Waals surface area (Å²) in [6.45, 7) is 5.89. The van der Waals surface area contributed by atoms with E-state index in [0.29, 0.717) is 13.1 Å². The molecule has 0 bridgehead atoms. The van der Waals surface area contributed by atoms with Crippen LogP contribution < -0.4 is 10.6 Å². The number of urea groups is 1. The Balaban J connectivity index is 2.45. The summed E-state index contributed by atoms with van der Waals surface area (Å²) in [7, 11) is 0. The molecule has 0 aromatic rings. The zero-order chi connectivity index (χ0) is 11.3. The van der Waals surface area contributed by atoms with Crippen molar-refractivity contribution in [1.29, 1.82) is 0 Å². The second kappa shape index (κ2) is 5.58. The number of hydrogen-bond acceptors (Lipinski definition) is 2. The highest BCUT2D eigenvalue weighted by molar-refractivity contribution is 5.87. The van der Waals surface area contributed by atoms with Gasteiger partial charge < -0.3 is 15.5 Å². The molecular weight excluding hydrogens is 194 g/mol. The molecule has 1 aliphatic rings. The lowest BCUT2D eigenvalue weighted by atomic mass is 10.1. The molecule has 5 heteroatoms. The van der Waals surface area contributed by atoms with Gasteiger partial charge in [0.1, 0.15) is 6.04 Å². The Bertz CT molecular complexity index is 239. The molecule has 5 nitrogen and oxygen atoms in total. The number of carbonyl (C=O) groups excluding carboxylic acids is 2. The lowest BCUT2D eigenvalue weighted by molar-refractivity contribution is -0.124. The van der Waals surface area contributed by atoms with Gasteiger partial charge >= 0.3 is 6.03 Å². The zero-order valence-corrected chi connectivity index (χ0v) is 9.38. The molecular formula is C10H19N3O2. The first kappa shape index (κ1) is 11.8. The lowest BCUT2D eigenvalue weighted by Gasteiger charge is -2.26. The lowest BCUT2D eigenvalue weighted by Crippen LogP contribution is -2.53. The third kappa shape index (κ3) is 3.11. The zero-order valence-electron chi connectivity index (χ0n) is 9.38. The first-order valence-corrected chi connectivity index (χ1v) is 5.52. The molecule has 0 aliphatic carbocycles. The van der Waals surface area contributed by atoms with Gasteiger partial charge in [-0.05, 0) is 26.7 Å². The van der Waals surface area contributed by atoms with Gasteiger partial charge in [-0.1, -0.05) is 0 Å². The topological polar surface area (TPSA) is 61.4 Å². The Morgan fingerprint density at radius 2 is 2.20 bits per heavy atom. The van der Waals surface area contributed by atoms with Gasteiger partial charge in [0.15, 0.2) is 0 Å². The molecule has 0 saturated carbocycles. The number of amides is 3. The van der Waals surface area contributed by atoms with Crippen molar-refractivity contribution in [2.75, 3.05) is 19.6 Å². The van der Waals surface area contributed by atoms with Crippen LogP contribution in [0, 0.1) is 0 Å². The van der Waals surface area contributed by atoms with E-state index in [2.05, 4.69) is 10.6 Å². The van der Waals surface area contributed by atoms with E-state index in [-0.39, 0.29) is 18.0 Å². The molecule has 1 atom stereocenters. The molecule has 1 fully saturated rings. The van der Waals surface area contributed by atoms with E-state index in [1.54, 1.807) is 4.90 Å². The molecule has 0 spiro atoms. The molecule has 15 heavy (non-hydrogen) atoms. The maximum atomic E-state index is 11.7. The highest BCUT2D eigenvalue weighted by atomic mass is 16.2. The van der Waals surface area contributed by atoms with E-state index >= 15 is 0 Å². The SMILES string of the molecule is CCN(CC)C(=O)NC1CCCNC1=O. The highest BCUT2D eigenvalue weighted by Gasteiger charge is 2.24. The Morgan fingerprint density at radius 3 is 2.73 bits per heavy atom. The third-order valence-electron chi connectivity index (χ3n) is 2.63. The van der Waals surface area contributed by atoms with Crippen molar-refractivity contribution >= 4 is 11.9 Å². The molecule has 1 unspecified atom stereocenters. The minimum Gasteiger partial charge on any atom is -0.354 e. The molecule has 1 saturated heterocycles. The second-order valence-electron chi connectivity index (χ2n) is 3.61. The largest absolute Gasteiger partial charge is 0.354 e. The molecule has 0 aromatic carbocycles. The molecule has 0 aromatic heterocycles. The number of hydrogen-bond donors (Lipinski definition) is 2. The van der Waals surface area contributed by atoms with Crippen LogP contribution in [0.5, 0.6) is 0 Å². The fourth-order valence-corrected chi connectivity index (χ4v) is 1.66.